The molecule has 1 aliphatic carbocycles. The van der Waals surface area contributed by atoms with E-state index in [9.17, 15) is 9.59 Å². The third-order valence-electron chi connectivity index (χ3n) is 3.53. The number of carbonyl (C=O) groups is 2. The van der Waals surface area contributed by atoms with Gasteiger partial charge in [0, 0.05) is 19.6 Å². The van der Waals surface area contributed by atoms with Gasteiger partial charge in [-0.1, -0.05) is 6.42 Å². The Bertz CT molecular complexity index is 289. The standard InChI is InChI=1S/C11H18N2O3/c14-10(15)6-9-11(16)12-4-5-13(9)7-8-2-1-3-8/h8-9H,1-7H2,(H,12,16)(H,14,15). The maximum absolute atomic E-state index is 11.6. The molecule has 2 rings (SSSR count). The van der Waals surface area contributed by atoms with E-state index >= 15 is 0 Å². The zero-order valence-electron chi connectivity index (χ0n) is 9.32. The van der Waals surface area contributed by atoms with E-state index in [4.69, 9.17) is 5.11 Å². The van der Waals surface area contributed by atoms with Crippen LogP contribution in [0.15, 0.2) is 0 Å². The highest BCUT2D eigenvalue weighted by Gasteiger charge is 2.33. The van der Waals surface area contributed by atoms with Gasteiger partial charge in [0.2, 0.25) is 5.91 Å². The van der Waals surface area contributed by atoms with E-state index in [2.05, 4.69) is 5.32 Å². The summed E-state index contributed by atoms with van der Waals surface area (Å²) in [4.78, 5) is 24.4. The molecule has 1 amide bonds. The maximum atomic E-state index is 11.6. The summed E-state index contributed by atoms with van der Waals surface area (Å²) in [5.41, 5.74) is 0. The Morgan fingerprint density at radius 3 is 2.81 bits per heavy atom. The van der Waals surface area contributed by atoms with Crippen LogP contribution in [0.25, 0.3) is 0 Å². The molecule has 1 aliphatic heterocycles. The first kappa shape index (κ1) is 11.4. The van der Waals surface area contributed by atoms with Crippen molar-refractivity contribution in [3.8, 4) is 0 Å². The first-order valence-corrected chi connectivity index (χ1v) is 5.90. The van der Waals surface area contributed by atoms with Gasteiger partial charge in [-0.15, -0.1) is 0 Å². The normalized spacial score (nSPS) is 27.2. The van der Waals surface area contributed by atoms with E-state index in [1.165, 1.54) is 19.3 Å². The van der Waals surface area contributed by atoms with Gasteiger partial charge in [-0.25, -0.2) is 0 Å². The molecule has 0 aromatic heterocycles. The summed E-state index contributed by atoms with van der Waals surface area (Å²) in [6, 6.07) is -0.466. The van der Waals surface area contributed by atoms with Crippen LogP contribution in [0.5, 0.6) is 0 Å². The van der Waals surface area contributed by atoms with Crippen LogP contribution >= 0.6 is 0 Å². The monoisotopic (exact) mass is 226 g/mol. The molecule has 0 bridgehead atoms. The van der Waals surface area contributed by atoms with E-state index in [1.807, 2.05) is 4.90 Å². The summed E-state index contributed by atoms with van der Waals surface area (Å²) >= 11 is 0. The molecule has 0 aromatic rings. The molecule has 90 valence electrons. The number of nitrogens with one attached hydrogen (secondary N) is 1. The fourth-order valence-corrected chi connectivity index (χ4v) is 2.37. The predicted molar refractivity (Wildman–Crippen MR) is 58.0 cm³/mol. The van der Waals surface area contributed by atoms with Crippen LogP contribution < -0.4 is 5.32 Å². The van der Waals surface area contributed by atoms with Crippen molar-refractivity contribution in [3.63, 3.8) is 0 Å². The quantitative estimate of drug-likeness (QED) is 0.711. The number of rotatable bonds is 4. The van der Waals surface area contributed by atoms with Gasteiger partial charge in [-0.2, -0.15) is 0 Å². The molecule has 1 saturated heterocycles. The average Bonchev–Trinajstić information content (AvgIpc) is 2.15. The lowest BCUT2D eigenvalue weighted by atomic mass is 9.84. The summed E-state index contributed by atoms with van der Waals surface area (Å²) in [6.45, 7) is 2.30. The lowest BCUT2D eigenvalue weighted by Crippen LogP contribution is -2.57. The minimum absolute atomic E-state index is 0.0848. The average molecular weight is 226 g/mol. The van der Waals surface area contributed by atoms with Gasteiger partial charge in [0.15, 0.2) is 0 Å². The number of hydrogen-bond acceptors (Lipinski definition) is 3. The Morgan fingerprint density at radius 2 is 2.25 bits per heavy atom. The second-order valence-electron chi connectivity index (χ2n) is 4.70. The lowest BCUT2D eigenvalue weighted by molar-refractivity contribution is -0.143. The molecule has 5 nitrogen and oxygen atoms in total. The van der Waals surface area contributed by atoms with Gasteiger partial charge in [0.1, 0.15) is 0 Å². The van der Waals surface area contributed by atoms with Crippen molar-refractivity contribution in [1.29, 1.82) is 0 Å². The highest BCUT2D eigenvalue weighted by Crippen LogP contribution is 2.28. The molecule has 0 radical (unpaired) electrons. The van der Waals surface area contributed by atoms with Crippen LogP contribution in [-0.2, 0) is 9.59 Å². The van der Waals surface area contributed by atoms with Crippen molar-refractivity contribution in [2.24, 2.45) is 5.92 Å². The number of nitrogens with zero attached hydrogens (tertiary/aromatic N) is 1. The Labute approximate surface area is 94.8 Å². The Kier molecular flexibility index (Phi) is 3.43. The number of carboxylic acids is 1. The first-order valence-electron chi connectivity index (χ1n) is 5.90. The Morgan fingerprint density at radius 1 is 1.50 bits per heavy atom. The molecule has 0 spiro atoms. The number of amides is 1. The number of aliphatic carboxylic acids is 1. The smallest absolute Gasteiger partial charge is 0.305 e. The van der Waals surface area contributed by atoms with Crippen LogP contribution in [0.4, 0.5) is 0 Å². The van der Waals surface area contributed by atoms with Gasteiger partial charge in [0.25, 0.3) is 0 Å². The van der Waals surface area contributed by atoms with Gasteiger partial charge in [-0.3, -0.25) is 14.5 Å². The number of piperazine rings is 1. The van der Waals surface area contributed by atoms with Crippen molar-refractivity contribution >= 4 is 11.9 Å². The van der Waals surface area contributed by atoms with E-state index in [0.717, 1.165) is 13.1 Å². The lowest BCUT2D eigenvalue weighted by Gasteiger charge is -2.38. The minimum Gasteiger partial charge on any atom is -0.481 e. The van der Waals surface area contributed by atoms with E-state index < -0.39 is 12.0 Å². The van der Waals surface area contributed by atoms with E-state index in [0.29, 0.717) is 12.5 Å². The second kappa shape index (κ2) is 4.82. The topological polar surface area (TPSA) is 69.6 Å². The largest absolute Gasteiger partial charge is 0.481 e. The zero-order chi connectivity index (χ0) is 11.5. The summed E-state index contributed by atoms with van der Waals surface area (Å²) in [5, 5.41) is 11.5. The molecule has 1 unspecified atom stereocenters. The number of carboxylic acid groups (broad SMARTS) is 1. The first-order chi connectivity index (χ1) is 7.66. The Balaban J connectivity index is 1.94. The molecule has 1 heterocycles. The van der Waals surface area contributed by atoms with Crippen molar-refractivity contribution in [1.82, 2.24) is 10.2 Å². The molecular formula is C11H18N2O3. The molecule has 2 aliphatic rings. The van der Waals surface area contributed by atoms with Crippen molar-refractivity contribution in [2.75, 3.05) is 19.6 Å². The van der Waals surface area contributed by atoms with Crippen molar-refractivity contribution < 1.29 is 14.7 Å². The van der Waals surface area contributed by atoms with Crippen LogP contribution in [-0.4, -0.2) is 47.6 Å². The van der Waals surface area contributed by atoms with Gasteiger partial charge in [0.05, 0.1) is 12.5 Å². The van der Waals surface area contributed by atoms with Crippen LogP contribution in [0, 0.1) is 5.92 Å². The molecule has 0 aromatic carbocycles. The minimum atomic E-state index is -0.902. The summed E-state index contributed by atoms with van der Waals surface area (Å²) in [5.74, 6) is -0.365. The Hall–Kier alpha value is -1.10. The van der Waals surface area contributed by atoms with Gasteiger partial charge in [-0.05, 0) is 18.8 Å². The van der Waals surface area contributed by atoms with Gasteiger partial charge < -0.3 is 10.4 Å². The molecule has 1 saturated carbocycles. The van der Waals surface area contributed by atoms with Gasteiger partial charge >= 0.3 is 5.97 Å². The summed E-state index contributed by atoms with van der Waals surface area (Å²) < 4.78 is 0. The van der Waals surface area contributed by atoms with Crippen molar-refractivity contribution in [2.45, 2.75) is 31.7 Å². The predicted octanol–water partition coefficient (Wildman–Crippen LogP) is 0.0616. The van der Waals surface area contributed by atoms with E-state index in [-0.39, 0.29) is 12.3 Å². The molecule has 2 N–H and O–H groups in total. The molecule has 2 fully saturated rings. The van der Waals surface area contributed by atoms with Crippen LogP contribution in [0.1, 0.15) is 25.7 Å². The fourth-order valence-electron chi connectivity index (χ4n) is 2.37. The molecule has 1 atom stereocenters. The molecular weight excluding hydrogens is 208 g/mol. The molecule has 5 heteroatoms. The molecule has 16 heavy (non-hydrogen) atoms. The highest BCUT2D eigenvalue weighted by atomic mass is 16.4. The summed E-state index contributed by atoms with van der Waals surface area (Å²) in [7, 11) is 0. The van der Waals surface area contributed by atoms with Crippen LogP contribution in [0.2, 0.25) is 0 Å². The SMILES string of the molecule is O=C(O)CC1C(=O)NCCN1CC1CCC1. The number of hydrogen-bond donors (Lipinski definition) is 2. The van der Waals surface area contributed by atoms with Crippen LogP contribution in [0.3, 0.4) is 0 Å². The summed E-state index contributed by atoms with van der Waals surface area (Å²) in [6.07, 6.45) is 3.63. The zero-order valence-corrected chi connectivity index (χ0v) is 9.32. The fraction of sp³-hybridized carbons (Fsp3) is 0.818. The van der Waals surface area contributed by atoms with E-state index in [1.54, 1.807) is 0 Å². The highest BCUT2D eigenvalue weighted by molar-refractivity contribution is 5.86. The second-order valence-corrected chi connectivity index (χ2v) is 4.70. The third kappa shape index (κ3) is 2.52. The number of carbonyl (C=O) groups excluding carboxylic acids is 1. The third-order valence-corrected chi connectivity index (χ3v) is 3.53. The maximum Gasteiger partial charge on any atom is 0.305 e. The van der Waals surface area contributed by atoms with Crippen molar-refractivity contribution in [3.05, 3.63) is 0 Å².